The first kappa shape index (κ1) is 15.1. The maximum atomic E-state index is 11.4. The minimum Gasteiger partial charge on any atom is -0.490 e. The molecule has 0 unspecified atom stereocenters. The molecule has 19 heavy (non-hydrogen) atoms. The normalized spacial score (nSPS) is 11.3. The smallest absolute Gasteiger partial charge is 0.250 e. The van der Waals surface area contributed by atoms with Crippen molar-refractivity contribution >= 4 is 5.91 Å². The number of amides is 1. The predicted octanol–water partition coefficient (Wildman–Crippen LogP) is 1.55. The minimum absolute atomic E-state index is 0.0982. The minimum atomic E-state index is -0.539. The Morgan fingerprint density at radius 1 is 1.53 bits per heavy atom. The van der Waals surface area contributed by atoms with E-state index in [9.17, 15) is 4.79 Å². The second kappa shape index (κ2) is 7.45. The number of rotatable bonds is 5. The van der Waals surface area contributed by atoms with Crippen LogP contribution in [0.3, 0.4) is 0 Å². The lowest BCUT2D eigenvalue weighted by atomic mass is 10.0. The Labute approximate surface area is 113 Å². The van der Waals surface area contributed by atoms with E-state index in [1.54, 1.807) is 18.2 Å². The fourth-order valence-corrected chi connectivity index (χ4v) is 1.44. The summed E-state index contributed by atoms with van der Waals surface area (Å²) in [6.45, 7) is 4.11. The lowest BCUT2D eigenvalue weighted by Gasteiger charge is -2.09. The third-order valence-electron chi connectivity index (χ3n) is 2.70. The van der Waals surface area contributed by atoms with E-state index >= 15 is 0 Å². The van der Waals surface area contributed by atoms with Gasteiger partial charge in [0.2, 0.25) is 5.91 Å². The predicted molar refractivity (Wildman–Crippen MR) is 73.9 cm³/mol. The first-order valence-corrected chi connectivity index (χ1v) is 6.28. The van der Waals surface area contributed by atoms with E-state index in [1.165, 1.54) is 0 Å². The van der Waals surface area contributed by atoms with Gasteiger partial charge in [-0.1, -0.05) is 31.8 Å². The molecule has 0 aliphatic carbocycles. The average Bonchev–Trinajstić information content (AvgIpc) is 2.42. The molecule has 4 heteroatoms. The number of hydrogen-bond acceptors (Lipinski definition) is 3. The van der Waals surface area contributed by atoms with Gasteiger partial charge in [0.25, 0.3) is 0 Å². The Morgan fingerprint density at radius 2 is 2.26 bits per heavy atom. The highest BCUT2D eigenvalue weighted by Gasteiger charge is 2.11. The van der Waals surface area contributed by atoms with Crippen LogP contribution < -0.4 is 10.5 Å². The number of carbonyl (C=O) groups is 1. The van der Waals surface area contributed by atoms with Crippen LogP contribution in [0.15, 0.2) is 18.2 Å². The van der Waals surface area contributed by atoms with Crippen molar-refractivity contribution in [1.29, 1.82) is 0 Å². The third kappa shape index (κ3) is 4.31. The number of primary amides is 1. The van der Waals surface area contributed by atoms with Gasteiger partial charge in [-0.2, -0.15) is 0 Å². The van der Waals surface area contributed by atoms with Crippen LogP contribution in [0, 0.1) is 17.8 Å². The second-order valence-corrected chi connectivity index (χ2v) is 4.19. The van der Waals surface area contributed by atoms with Crippen molar-refractivity contribution in [1.82, 2.24) is 0 Å². The molecule has 1 aromatic rings. The van der Waals surface area contributed by atoms with Crippen molar-refractivity contribution in [2.75, 3.05) is 13.2 Å². The Hall–Kier alpha value is -1.99. The van der Waals surface area contributed by atoms with Crippen LogP contribution >= 0.6 is 0 Å². The van der Waals surface area contributed by atoms with Gasteiger partial charge in [-0.3, -0.25) is 4.79 Å². The average molecular weight is 261 g/mol. The zero-order valence-corrected chi connectivity index (χ0v) is 11.3. The van der Waals surface area contributed by atoms with Crippen LogP contribution in [0.4, 0.5) is 0 Å². The van der Waals surface area contributed by atoms with E-state index in [0.717, 1.165) is 6.42 Å². The number of ether oxygens (including phenoxy) is 1. The molecule has 0 saturated carbocycles. The van der Waals surface area contributed by atoms with Gasteiger partial charge >= 0.3 is 0 Å². The molecule has 0 heterocycles. The van der Waals surface area contributed by atoms with Crippen LogP contribution in [-0.2, 0) is 0 Å². The topological polar surface area (TPSA) is 72.6 Å². The van der Waals surface area contributed by atoms with Gasteiger partial charge < -0.3 is 15.6 Å². The molecule has 3 N–H and O–H groups in total. The van der Waals surface area contributed by atoms with E-state index in [1.807, 2.05) is 13.8 Å². The first-order chi connectivity index (χ1) is 9.10. The molecule has 0 saturated heterocycles. The Balaban J connectivity index is 3.19. The number of carbonyl (C=O) groups excluding carboxylic acids is 1. The second-order valence-electron chi connectivity index (χ2n) is 4.19. The van der Waals surface area contributed by atoms with Crippen LogP contribution in [0.1, 0.15) is 36.2 Å². The molecule has 102 valence electrons. The number of nitrogens with two attached hydrogens (primary N) is 1. The highest BCUT2D eigenvalue weighted by Crippen LogP contribution is 2.21. The van der Waals surface area contributed by atoms with E-state index in [2.05, 4.69) is 11.8 Å². The highest BCUT2D eigenvalue weighted by atomic mass is 16.5. The number of aliphatic hydroxyl groups excluding tert-OH is 1. The van der Waals surface area contributed by atoms with Gasteiger partial charge in [-0.05, 0) is 18.6 Å². The van der Waals surface area contributed by atoms with E-state index in [4.69, 9.17) is 15.6 Å². The molecule has 1 aromatic carbocycles. The molecule has 1 rings (SSSR count). The van der Waals surface area contributed by atoms with Crippen LogP contribution in [-0.4, -0.2) is 24.2 Å². The molecule has 0 radical (unpaired) electrons. The van der Waals surface area contributed by atoms with Crippen molar-refractivity contribution in [3.8, 4) is 17.6 Å². The van der Waals surface area contributed by atoms with Crippen LogP contribution in [0.2, 0.25) is 0 Å². The number of benzene rings is 1. The SMILES string of the molecule is CC[C@@H](C)C#Cc1c(OCCO)cccc1C(N)=O. The summed E-state index contributed by atoms with van der Waals surface area (Å²) in [6, 6.07) is 5.01. The van der Waals surface area contributed by atoms with Gasteiger partial charge in [-0.15, -0.1) is 0 Å². The van der Waals surface area contributed by atoms with Crippen molar-refractivity contribution in [2.24, 2.45) is 11.7 Å². The van der Waals surface area contributed by atoms with Crippen molar-refractivity contribution in [3.05, 3.63) is 29.3 Å². The summed E-state index contributed by atoms with van der Waals surface area (Å²) < 4.78 is 5.38. The highest BCUT2D eigenvalue weighted by molar-refractivity contribution is 5.96. The van der Waals surface area contributed by atoms with E-state index in [0.29, 0.717) is 16.9 Å². The first-order valence-electron chi connectivity index (χ1n) is 6.28. The maximum Gasteiger partial charge on any atom is 0.250 e. The summed E-state index contributed by atoms with van der Waals surface area (Å²) >= 11 is 0. The Kier molecular flexibility index (Phi) is 5.91. The lowest BCUT2D eigenvalue weighted by molar-refractivity contribution is 0.0999. The zero-order valence-electron chi connectivity index (χ0n) is 11.3. The summed E-state index contributed by atoms with van der Waals surface area (Å²) in [5, 5.41) is 8.80. The third-order valence-corrected chi connectivity index (χ3v) is 2.70. The summed E-state index contributed by atoms with van der Waals surface area (Å²) in [5.41, 5.74) is 6.17. The molecule has 1 atom stereocenters. The van der Waals surface area contributed by atoms with E-state index in [-0.39, 0.29) is 19.1 Å². The van der Waals surface area contributed by atoms with E-state index < -0.39 is 5.91 Å². The van der Waals surface area contributed by atoms with Gasteiger partial charge in [0.1, 0.15) is 12.4 Å². The monoisotopic (exact) mass is 261 g/mol. The summed E-state index contributed by atoms with van der Waals surface area (Å²) in [6.07, 6.45) is 0.929. The molecule has 0 fully saturated rings. The quantitative estimate of drug-likeness (QED) is 0.790. The molecule has 1 amide bonds. The van der Waals surface area contributed by atoms with Crippen molar-refractivity contribution in [3.63, 3.8) is 0 Å². The molecule has 0 bridgehead atoms. The zero-order chi connectivity index (χ0) is 14.3. The standard InChI is InChI=1S/C15H19NO3/c1-3-11(2)7-8-12-13(15(16)18)5-4-6-14(12)19-10-9-17/h4-6,11,17H,3,9-10H2,1-2H3,(H2,16,18)/t11-/m1/s1. The molecule has 0 aromatic heterocycles. The van der Waals surface area contributed by atoms with Crippen LogP contribution in [0.5, 0.6) is 5.75 Å². The molecule has 0 aliphatic rings. The lowest BCUT2D eigenvalue weighted by Crippen LogP contribution is -2.14. The fraction of sp³-hybridized carbons (Fsp3) is 0.400. The van der Waals surface area contributed by atoms with Gasteiger partial charge in [-0.25, -0.2) is 0 Å². The largest absolute Gasteiger partial charge is 0.490 e. The molecular formula is C15H19NO3. The number of hydrogen-bond donors (Lipinski definition) is 2. The summed E-state index contributed by atoms with van der Waals surface area (Å²) in [7, 11) is 0. The maximum absolute atomic E-state index is 11.4. The molecule has 0 aliphatic heterocycles. The number of aliphatic hydroxyl groups is 1. The van der Waals surface area contributed by atoms with Gasteiger partial charge in [0, 0.05) is 5.92 Å². The molecule has 0 spiro atoms. The summed E-state index contributed by atoms with van der Waals surface area (Å²) in [5.74, 6) is 6.19. The Bertz CT molecular complexity index is 500. The molecule has 4 nitrogen and oxygen atoms in total. The van der Waals surface area contributed by atoms with Gasteiger partial charge in [0.05, 0.1) is 17.7 Å². The Morgan fingerprint density at radius 3 is 2.84 bits per heavy atom. The summed E-state index contributed by atoms with van der Waals surface area (Å²) in [4.78, 5) is 11.4. The molecular weight excluding hydrogens is 242 g/mol. The fourth-order valence-electron chi connectivity index (χ4n) is 1.44. The van der Waals surface area contributed by atoms with Crippen LogP contribution in [0.25, 0.3) is 0 Å². The van der Waals surface area contributed by atoms with Gasteiger partial charge in [0.15, 0.2) is 0 Å². The van der Waals surface area contributed by atoms with Crippen molar-refractivity contribution in [2.45, 2.75) is 20.3 Å². The van der Waals surface area contributed by atoms with Crippen molar-refractivity contribution < 1.29 is 14.6 Å².